The van der Waals surface area contributed by atoms with Gasteiger partial charge in [-0.25, -0.2) is 0 Å². The van der Waals surface area contributed by atoms with Gasteiger partial charge in [-0.15, -0.1) is 11.8 Å². The van der Waals surface area contributed by atoms with Crippen LogP contribution in [0, 0.1) is 5.92 Å². The molecule has 4 heteroatoms. The highest BCUT2D eigenvalue weighted by atomic mass is 32.2. The smallest absolute Gasteiger partial charge is 0.316 e. The minimum Gasteiger partial charge on any atom is -0.480 e. The molecule has 0 fully saturated rings. The number of aliphatic carboxylic acids is 1. The Balaban J connectivity index is 2.11. The SMILES string of the molecule is CC(C)C(SCc1ccc2ncccc2c1)C(=O)O. The standard InChI is InChI=1S/C15H17NO2S/c1-10(2)14(15(17)18)19-9-11-5-6-13-12(8-11)4-3-7-16-13/h3-8,10,14H,9H2,1-2H3,(H,17,18). The maximum Gasteiger partial charge on any atom is 0.316 e. The Kier molecular flexibility index (Phi) is 4.43. The summed E-state index contributed by atoms with van der Waals surface area (Å²) in [4.78, 5) is 15.4. The van der Waals surface area contributed by atoms with Crippen molar-refractivity contribution in [1.29, 1.82) is 0 Å². The molecule has 0 spiro atoms. The molecule has 0 bridgehead atoms. The largest absolute Gasteiger partial charge is 0.480 e. The van der Waals surface area contributed by atoms with E-state index in [1.54, 1.807) is 6.20 Å². The third-order valence-electron chi connectivity index (χ3n) is 2.95. The van der Waals surface area contributed by atoms with Crippen LogP contribution in [-0.2, 0) is 10.5 Å². The molecule has 1 unspecified atom stereocenters. The molecule has 100 valence electrons. The van der Waals surface area contributed by atoms with Crippen molar-refractivity contribution in [1.82, 2.24) is 4.98 Å². The number of aromatic nitrogens is 1. The number of fused-ring (bicyclic) bond motifs is 1. The van der Waals surface area contributed by atoms with E-state index in [1.807, 2.05) is 38.1 Å². The Bertz CT molecular complexity index is 583. The minimum atomic E-state index is -0.734. The van der Waals surface area contributed by atoms with Crippen LogP contribution in [0.15, 0.2) is 36.5 Å². The molecular formula is C15H17NO2S. The third kappa shape index (κ3) is 3.47. The number of hydrogen-bond donors (Lipinski definition) is 1. The van der Waals surface area contributed by atoms with Crippen LogP contribution in [0.1, 0.15) is 19.4 Å². The van der Waals surface area contributed by atoms with Crippen molar-refractivity contribution in [2.45, 2.75) is 24.9 Å². The van der Waals surface area contributed by atoms with Crippen LogP contribution in [0.3, 0.4) is 0 Å². The van der Waals surface area contributed by atoms with Crippen molar-refractivity contribution in [3.8, 4) is 0 Å². The van der Waals surface area contributed by atoms with Gasteiger partial charge >= 0.3 is 5.97 Å². The summed E-state index contributed by atoms with van der Waals surface area (Å²) < 4.78 is 0. The molecule has 0 amide bonds. The van der Waals surface area contributed by atoms with Gasteiger partial charge in [-0.1, -0.05) is 26.0 Å². The average molecular weight is 275 g/mol. The number of nitrogens with zero attached hydrogens (tertiary/aromatic N) is 1. The van der Waals surface area contributed by atoms with E-state index in [4.69, 9.17) is 5.11 Å². The lowest BCUT2D eigenvalue weighted by Crippen LogP contribution is -2.22. The minimum absolute atomic E-state index is 0.129. The van der Waals surface area contributed by atoms with Crippen LogP contribution in [0.4, 0.5) is 0 Å². The van der Waals surface area contributed by atoms with Crippen LogP contribution in [-0.4, -0.2) is 21.3 Å². The number of benzene rings is 1. The van der Waals surface area contributed by atoms with Crippen molar-refractivity contribution in [3.05, 3.63) is 42.1 Å². The molecular weight excluding hydrogens is 258 g/mol. The molecule has 1 aromatic heterocycles. The molecule has 0 saturated carbocycles. The van der Waals surface area contributed by atoms with Crippen molar-refractivity contribution in [2.24, 2.45) is 5.92 Å². The first-order valence-electron chi connectivity index (χ1n) is 6.26. The van der Waals surface area contributed by atoms with Crippen LogP contribution in [0.25, 0.3) is 10.9 Å². The van der Waals surface area contributed by atoms with E-state index in [0.29, 0.717) is 5.75 Å². The number of hydrogen-bond acceptors (Lipinski definition) is 3. The molecule has 0 aliphatic carbocycles. The molecule has 2 aromatic rings. The zero-order valence-electron chi connectivity index (χ0n) is 11.0. The first-order chi connectivity index (χ1) is 9.08. The average Bonchev–Trinajstić information content (AvgIpc) is 2.38. The van der Waals surface area contributed by atoms with Gasteiger partial charge in [0.2, 0.25) is 0 Å². The summed E-state index contributed by atoms with van der Waals surface area (Å²) in [5.41, 5.74) is 2.10. The summed E-state index contributed by atoms with van der Waals surface area (Å²) in [6, 6.07) is 10.0. The Hall–Kier alpha value is -1.55. The Morgan fingerprint density at radius 1 is 1.37 bits per heavy atom. The molecule has 0 radical (unpaired) electrons. The number of carbonyl (C=O) groups is 1. The van der Waals surface area contributed by atoms with E-state index in [0.717, 1.165) is 16.5 Å². The van der Waals surface area contributed by atoms with Crippen LogP contribution < -0.4 is 0 Å². The van der Waals surface area contributed by atoms with Crippen LogP contribution in [0.2, 0.25) is 0 Å². The Labute approximate surface area is 117 Å². The number of rotatable bonds is 5. The first-order valence-corrected chi connectivity index (χ1v) is 7.31. The van der Waals surface area contributed by atoms with Gasteiger partial charge in [-0.05, 0) is 29.7 Å². The first kappa shape index (κ1) is 13.9. The van der Waals surface area contributed by atoms with E-state index in [-0.39, 0.29) is 11.2 Å². The molecule has 1 N–H and O–H groups in total. The summed E-state index contributed by atoms with van der Waals surface area (Å²) in [7, 11) is 0. The monoisotopic (exact) mass is 275 g/mol. The van der Waals surface area contributed by atoms with Crippen molar-refractivity contribution in [3.63, 3.8) is 0 Å². The highest BCUT2D eigenvalue weighted by Crippen LogP contribution is 2.25. The lowest BCUT2D eigenvalue weighted by atomic mass is 10.1. The van der Waals surface area contributed by atoms with Gasteiger partial charge in [0.15, 0.2) is 0 Å². The van der Waals surface area contributed by atoms with Gasteiger partial charge in [0.25, 0.3) is 0 Å². The molecule has 0 aliphatic heterocycles. The summed E-state index contributed by atoms with van der Waals surface area (Å²) in [6.45, 7) is 3.88. The van der Waals surface area contributed by atoms with Gasteiger partial charge in [-0.3, -0.25) is 9.78 Å². The normalized spacial score (nSPS) is 12.8. The Morgan fingerprint density at radius 3 is 2.84 bits per heavy atom. The fourth-order valence-corrected chi connectivity index (χ4v) is 3.03. The fraction of sp³-hybridized carbons (Fsp3) is 0.333. The topological polar surface area (TPSA) is 50.2 Å². The predicted octanol–water partition coefficient (Wildman–Crippen LogP) is 3.58. The molecule has 1 heterocycles. The number of thioether (sulfide) groups is 1. The van der Waals surface area contributed by atoms with E-state index in [9.17, 15) is 4.79 Å². The second-order valence-corrected chi connectivity index (χ2v) is 5.97. The molecule has 0 aliphatic rings. The predicted molar refractivity (Wildman–Crippen MR) is 79.3 cm³/mol. The second kappa shape index (κ2) is 6.06. The van der Waals surface area contributed by atoms with Gasteiger partial charge in [0.05, 0.1) is 5.52 Å². The van der Waals surface area contributed by atoms with Crippen LogP contribution >= 0.6 is 11.8 Å². The zero-order valence-corrected chi connectivity index (χ0v) is 11.9. The molecule has 19 heavy (non-hydrogen) atoms. The highest BCUT2D eigenvalue weighted by molar-refractivity contribution is 7.99. The summed E-state index contributed by atoms with van der Waals surface area (Å²) in [5, 5.41) is 9.90. The molecule has 2 rings (SSSR count). The quantitative estimate of drug-likeness (QED) is 0.906. The number of carboxylic acid groups (broad SMARTS) is 1. The highest BCUT2D eigenvalue weighted by Gasteiger charge is 2.21. The van der Waals surface area contributed by atoms with Crippen LogP contribution in [0.5, 0.6) is 0 Å². The molecule has 3 nitrogen and oxygen atoms in total. The third-order valence-corrected chi connectivity index (χ3v) is 4.55. The number of pyridine rings is 1. The second-order valence-electron chi connectivity index (χ2n) is 4.84. The van der Waals surface area contributed by atoms with E-state index in [2.05, 4.69) is 11.1 Å². The lowest BCUT2D eigenvalue weighted by molar-refractivity contribution is -0.137. The zero-order chi connectivity index (χ0) is 13.8. The van der Waals surface area contributed by atoms with Crippen molar-refractivity contribution < 1.29 is 9.90 Å². The van der Waals surface area contributed by atoms with Gasteiger partial charge in [0.1, 0.15) is 5.25 Å². The van der Waals surface area contributed by atoms with Gasteiger partial charge in [-0.2, -0.15) is 0 Å². The number of carboxylic acids is 1. The van der Waals surface area contributed by atoms with Crippen molar-refractivity contribution in [2.75, 3.05) is 0 Å². The fourth-order valence-electron chi connectivity index (χ4n) is 1.95. The summed E-state index contributed by atoms with van der Waals surface area (Å²) in [5.74, 6) is 0.104. The van der Waals surface area contributed by atoms with E-state index < -0.39 is 5.97 Å². The van der Waals surface area contributed by atoms with Gasteiger partial charge in [0, 0.05) is 17.3 Å². The molecule has 0 saturated heterocycles. The Morgan fingerprint density at radius 2 is 2.16 bits per heavy atom. The maximum absolute atomic E-state index is 11.1. The molecule has 1 atom stereocenters. The molecule has 1 aromatic carbocycles. The maximum atomic E-state index is 11.1. The summed E-state index contributed by atoms with van der Waals surface area (Å²) >= 11 is 1.48. The van der Waals surface area contributed by atoms with Crippen molar-refractivity contribution >= 4 is 28.6 Å². The lowest BCUT2D eigenvalue weighted by Gasteiger charge is -2.15. The van der Waals surface area contributed by atoms with E-state index >= 15 is 0 Å². The summed E-state index contributed by atoms with van der Waals surface area (Å²) in [6.07, 6.45) is 1.77. The van der Waals surface area contributed by atoms with Gasteiger partial charge < -0.3 is 5.11 Å². The van der Waals surface area contributed by atoms with E-state index in [1.165, 1.54) is 11.8 Å².